The van der Waals surface area contributed by atoms with Crippen LogP contribution in [0.1, 0.15) is 18.1 Å². The molecule has 0 amide bonds. The molecule has 154 valence electrons. The fourth-order valence-corrected chi connectivity index (χ4v) is 3.15. The van der Waals surface area contributed by atoms with Crippen LogP contribution in [0.2, 0.25) is 0 Å². The quantitative estimate of drug-likeness (QED) is 0.191. The van der Waals surface area contributed by atoms with Crippen LogP contribution in [0.4, 0.5) is 5.69 Å². The van der Waals surface area contributed by atoms with Gasteiger partial charge in [0, 0.05) is 17.7 Å². The fourth-order valence-electron chi connectivity index (χ4n) is 2.57. The number of carbonyl (C=O) groups excluding carboxylic acids is 1. The Morgan fingerprint density at radius 3 is 2.63 bits per heavy atom. The minimum atomic E-state index is -0.624. The van der Waals surface area contributed by atoms with Crippen molar-refractivity contribution in [2.45, 2.75) is 6.92 Å². The third kappa shape index (κ3) is 4.74. The maximum atomic E-state index is 12.2. The number of cyclic esters (lactones) is 1. The summed E-state index contributed by atoms with van der Waals surface area (Å²) in [6.07, 6.45) is 1.55. The Balaban J connectivity index is 1.90. The summed E-state index contributed by atoms with van der Waals surface area (Å²) in [5.74, 6) is 0.449. The van der Waals surface area contributed by atoms with E-state index in [1.165, 1.54) is 31.4 Å². The number of nitro groups is 1. The van der Waals surface area contributed by atoms with Crippen LogP contribution in [0.5, 0.6) is 11.5 Å². The summed E-state index contributed by atoms with van der Waals surface area (Å²) in [6, 6.07) is 9.05. The van der Waals surface area contributed by atoms with E-state index in [-0.39, 0.29) is 17.3 Å². The molecular formula is C21H17BrN2O6. The Morgan fingerprint density at radius 2 is 2.03 bits per heavy atom. The number of nitro benzene ring substituents is 1. The third-order valence-corrected chi connectivity index (χ3v) is 4.55. The lowest BCUT2D eigenvalue weighted by molar-refractivity contribution is -0.384. The van der Waals surface area contributed by atoms with E-state index in [1.54, 1.807) is 18.2 Å². The SMILES string of the molecule is C=C(C)COc1c(Br)cc(/C=C2/N=C(c3ccc([N+](=O)[O-])cc3)OC2=O)cc1OC. The van der Waals surface area contributed by atoms with Crippen LogP contribution in [-0.2, 0) is 9.53 Å². The average Bonchev–Trinajstić information content (AvgIpc) is 3.07. The van der Waals surface area contributed by atoms with Crippen molar-refractivity contribution in [3.05, 3.63) is 80.0 Å². The number of benzene rings is 2. The summed E-state index contributed by atoms with van der Waals surface area (Å²) in [4.78, 5) is 26.7. The lowest BCUT2D eigenvalue weighted by Gasteiger charge is -2.13. The smallest absolute Gasteiger partial charge is 0.363 e. The molecule has 0 aliphatic carbocycles. The molecule has 0 saturated heterocycles. The van der Waals surface area contributed by atoms with E-state index in [4.69, 9.17) is 14.2 Å². The van der Waals surface area contributed by atoms with Gasteiger partial charge >= 0.3 is 5.97 Å². The second-order valence-corrected chi connectivity index (χ2v) is 7.27. The number of rotatable bonds is 7. The first-order valence-electron chi connectivity index (χ1n) is 8.70. The molecule has 30 heavy (non-hydrogen) atoms. The Bertz CT molecular complexity index is 1090. The van der Waals surface area contributed by atoms with Gasteiger partial charge in [-0.1, -0.05) is 6.58 Å². The lowest BCUT2D eigenvalue weighted by atomic mass is 10.1. The van der Waals surface area contributed by atoms with Gasteiger partial charge in [0.1, 0.15) is 6.61 Å². The molecule has 0 N–H and O–H groups in total. The molecular weight excluding hydrogens is 456 g/mol. The topological polar surface area (TPSA) is 100 Å². The van der Waals surface area contributed by atoms with Crippen LogP contribution >= 0.6 is 15.9 Å². The minimum Gasteiger partial charge on any atom is -0.493 e. The van der Waals surface area contributed by atoms with E-state index in [0.717, 1.165) is 5.57 Å². The number of hydrogen-bond acceptors (Lipinski definition) is 7. The van der Waals surface area contributed by atoms with Gasteiger partial charge in [-0.2, -0.15) is 0 Å². The number of nitrogens with zero attached hydrogens (tertiary/aromatic N) is 2. The van der Waals surface area contributed by atoms with Crippen LogP contribution in [0.3, 0.4) is 0 Å². The van der Waals surface area contributed by atoms with Gasteiger partial charge in [0.25, 0.3) is 5.69 Å². The number of ether oxygens (including phenoxy) is 3. The molecule has 0 unspecified atom stereocenters. The highest BCUT2D eigenvalue weighted by atomic mass is 79.9. The van der Waals surface area contributed by atoms with E-state index >= 15 is 0 Å². The Labute approximate surface area is 180 Å². The molecule has 0 spiro atoms. The minimum absolute atomic E-state index is 0.0645. The van der Waals surface area contributed by atoms with Gasteiger partial charge in [-0.05, 0) is 64.3 Å². The maximum absolute atomic E-state index is 12.2. The van der Waals surface area contributed by atoms with Crippen LogP contribution in [0.25, 0.3) is 6.08 Å². The molecule has 1 aliphatic rings. The molecule has 2 aromatic rings. The van der Waals surface area contributed by atoms with Gasteiger partial charge in [-0.3, -0.25) is 10.1 Å². The molecule has 8 nitrogen and oxygen atoms in total. The van der Waals surface area contributed by atoms with Crippen molar-refractivity contribution in [1.29, 1.82) is 0 Å². The number of esters is 1. The Hall–Kier alpha value is -3.46. The number of hydrogen-bond donors (Lipinski definition) is 0. The van der Waals surface area contributed by atoms with Crippen molar-refractivity contribution in [2.75, 3.05) is 13.7 Å². The molecule has 0 bridgehead atoms. The fraction of sp³-hybridized carbons (Fsp3) is 0.143. The number of non-ortho nitro benzene ring substituents is 1. The van der Waals surface area contributed by atoms with Crippen molar-refractivity contribution in [1.82, 2.24) is 0 Å². The van der Waals surface area contributed by atoms with Crippen molar-refractivity contribution in [2.24, 2.45) is 4.99 Å². The van der Waals surface area contributed by atoms with E-state index in [1.807, 2.05) is 6.92 Å². The maximum Gasteiger partial charge on any atom is 0.363 e. The van der Waals surface area contributed by atoms with E-state index in [2.05, 4.69) is 27.5 Å². The standard InChI is InChI=1S/C21H17BrN2O6/c1-12(2)11-29-19-16(22)8-13(10-18(19)28-3)9-17-21(25)30-20(23-17)14-4-6-15(7-5-14)24(26)27/h4-10H,1,11H2,2-3H3/b17-9+. The van der Waals surface area contributed by atoms with Crippen LogP contribution in [-0.4, -0.2) is 30.5 Å². The largest absolute Gasteiger partial charge is 0.493 e. The first-order valence-corrected chi connectivity index (χ1v) is 9.50. The van der Waals surface area contributed by atoms with Gasteiger partial charge in [0.15, 0.2) is 17.2 Å². The summed E-state index contributed by atoms with van der Waals surface area (Å²) in [5.41, 5.74) is 1.98. The summed E-state index contributed by atoms with van der Waals surface area (Å²) in [5, 5.41) is 10.8. The second-order valence-electron chi connectivity index (χ2n) is 6.42. The monoisotopic (exact) mass is 472 g/mol. The summed E-state index contributed by atoms with van der Waals surface area (Å²) >= 11 is 3.45. The number of halogens is 1. The molecule has 0 saturated carbocycles. The molecule has 1 heterocycles. The number of carbonyl (C=O) groups is 1. The first-order chi connectivity index (χ1) is 14.3. The predicted octanol–water partition coefficient (Wildman–Crippen LogP) is 4.67. The highest BCUT2D eigenvalue weighted by Gasteiger charge is 2.25. The summed E-state index contributed by atoms with van der Waals surface area (Å²) in [7, 11) is 1.51. The van der Waals surface area contributed by atoms with Crippen LogP contribution in [0, 0.1) is 10.1 Å². The van der Waals surface area contributed by atoms with Crippen molar-refractivity contribution in [3.8, 4) is 11.5 Å². The van der Waals surface area contributed by atoms with Crippen molar-refractivity contribution in [3.63, 3.8) is 0 Å². The highest BCUT2D eigenvalue weighted by molar-refractivity contribution is 9.10. The molecule has 9 heteroatoms. The van der Waals surface area contributed by atoms with Gasteiger partial charge < -0.3 is 14.2 Å². The lowest BCUT2D eigenvalue weighted by Crippen LogP contribution is -2.05. The molecule has 0 atom stereocenters. The van der Waals surface area contributed by atoms with Crippen molar-refractivity contribution >= 4 is 39.6 Å². The van der Waals surface area contributed by atoms with Gasteiger partial charge in [-0.15, -0.1) is 0 Å². The zero-order chi connectivity index (χ0) is 21.8. The molecule has 3 rings (SSSR count). The molecule has 2 aromatic carbocycles. The molecule has 0 radical (unpaired) electrons. The summed E-state index contributed by atoms with van der Waals surface area (Å²) in [6.45, 7) is 6.00. The molecule has 1 aliphatic heterocycles. The van der Waals surface area contributed by atoms with Gasteiger partial charge in [-0.25, -0.2) is 9.79 Å². The molecule has 0 fully saturated rings. The summed E-state index contributed by atoms with van der Waals surface area (Å²) < 4.78 is 16.9. The predicted molar refractivity (Wildman–Crippen MR) is 115 cm³/mol. The van der Waals surface area contributed by atoms with E-state index in [9.17, 15) is 14.9 Å². The number of aliphatic imine (C=N–C) groups is 1. The van der Waals surface area contributed by atoms with Crippen LogP contribution in [0.15, 0.2) is 63.7 Å². The van der Waals surface area contributed by atoms with Gasteiger partial charge in [0.05, 0.1) is 16.5 Å². The Kier molecular flexibility index (Phi) is 6.31. The van der Waals surface area contributed by atoms with Gasteiger partial charge in [0.2, 0.25) is 5.90 Å². The zero-order valence-corrected chi connectivity index (χ0v) is 17.8. The van der Waals surface area contributed by atoms with E-state index in [0.29, 0.717) is 33.7 Å². The second kappa shape index (κ2) is 8.91. The molecule has 0 aromatic heterocycles. The van der Waals surface area contributed by atoms with Crippen LogP contribution < -0.4 is 9.47 Å². The highest BCUT2D eigenvalue weighted by Crippen LogP contribution is 2.37. The third-order valence-electron chi connectivity index (χ3n) is 3.96. The first kappa shape index (κ1) is 21.3. The van der Waals surface area contributed by atoms with Crippen molar-refractivity contribution < 1.29 is 23.9 Å². The van der Waals surface area contributed by atoms with E-state index < -0.39 is 10.9 Å². The number of methoxy groups -OCH3 is 1. The Morgan fingerprint density at radius 1 is 1.33 bits per heavy atom. The normalized spacial score (nSPS) is 14.3. The zero-order valence-electron chi connectivity index (χ0n) is 16.2. The average molecular weight is 473 g/mol.